The highest BCUT2D eigenvalue weighted by molar-refractivity contribution is 7.91. The number of imidazole rings is 1. The summed E-state index contributed by atoms with van der Waals surface area (Å²) in [6, 6.07) is 8.48. The predicted molar refractivity (Wildman–Crippen MR) is 79.8 cm³/mol. The molecular formula is C14H15N3O3S. The Morgan fingerprint density at radius 2 is 2.05 bits per heavy atom. The number of para-hydroxylation sites is 1. The summed E-state index contributed by atoms with van der Waals surface area (Å²) in [7, 11) is -3.37. The first-order chi connectivity index (χ1) is 9.89. The Balaban J connectivity index is 2.28. The van der Waals surface area contributed by atoms with E-state index in [2.05, 4.69) is 4.98 Å². The van der Waals surface area contributed by atoms with E-state index in [4.69, 9.17) is 10.2 Å². The number of nitrogens with two attached hydrogens (primary N) is 1. The number of aromatic nitrogens is 2. The van der Waals surface area contributed by atoms with Crippen molar-refractivity contribution in [2.45, 2.75) is 17.9 Å². The van der Waals surface area contributed by atoms with Crippen LogP contribution < -0.4 is 5.73 Å². The highest BCUT2D eigenvalue weighted by Crippen LogP contribution is 2.30. The minimum atomic E-state index is -3.37. The molecule has 0 saturated carbocycles. The Morgan fingerprint density at radius 3 is 2.67 bits per heavy atom. The van der Waals surface area contributed by atoms with Crippen molar-refractivity contribution in [1.29, 1.82) is 0 Å². The zero-order valence-corrected chi connectivity index (χ0v) is 12.5. The molecule has 1 aromatic carbocycles. The number of benzene rings is 1. The molecular weight excluding hydrogens is 290 g/mol. The summed E-state index contributed by atoms with van der Waals surface area (Å²) < 4.78 is 30.9. The average molecular weight is 305 g/mol. The number of nitrogens with zero attached hydrogens (tertiary/aromatic N) is 2. The molecule has 6 nitrogen and oxygen atoms in total. The molecule has 0 amide bonds. The van der Waals surface area contributed by atoms with Crippen LogP contribution >= 0.6 is 0 Å². The summed E-state index contributed by atoms with van der Waals surface area (Å²) >= 11 is 0. The van der Waals surface area contributed by atoms with Crippen molar-refractivity contribution < 1.29 is 12.8 Å². The molecule has 21 heavy (non-hydrogen) atoms. The topological polar surface area (TPSA) is 91.1 Å². The van der Waals surface area contributed by atoms with Gasteiger partial charge in [0.2, 0.25) is 5.95 Å². The van der Waals surface area contributed by atoms with Crippen LogP contribution in [-0.2, 0) is 9.84 Å². The summed E-state index contributed by atoms with van der Waals surface area (Å²) in [5.41, 5.74) is 7.04. The van der Waals surface area contributed by atoms with E-state index in [1.165, 1.54) is 6.07 Å². The first kappa shape index (κ1) is 13.7. The zero-order chi connectivity index (χ0) is 15.2. The Hall–Kier alpha value is -2.28. The lowest BCUT2D eigenvalue weighted by molar-refractivity contribution is 0.453. The molecule has 0 saturated heterocycles. The highest BCUT2D eigenvalue weighted by atomic mass is 32.2. The lowest BCUT2D eigenvalue weighted by Gasteiger charge is -2.13. The van der Waals surface area contributed by atoms with Crippen LogP contribution in [-0.4, -0.2) is 24.2 Å². The lowest BCUT2D eigenvalue weighted by atomic mass is 10.2. The third-order valence-electron chi connectivity index (χ3n) is 3.45. The van der Waals surface area contributed by atoms with Crippen molar-refractivity contribution in [1.82, 2.24) is 9.55 Å². The Labute approximate surface area is 122 Å². The molecule has 0 spiro atoms. The normalized spacial score (nSPS) is 13.6. The van der Waals surface area contributed by atoms with Crippen molar-refractivity contribution in [2.75, 3.05) is 12.0 Å². The standard InChI is InChI=1S/C14H15N3O3S/c1-9(11-6-4-8-20-11)17-10-5-3-7-12(21(2,18)19)13(10)16-14(17)15/h3-9H,1-2H3,(H2,15,16). The molecule has 0 aliphatic heterocycles. The summed E-state index contributed by atoms with van der Waals surface area (Å²) in [4.78, 5) is 4.41. The maximum Gasteiger partial charge on any atom is 0.201 e. The first-order valence-corrected chi connectivity index (χ1v) is 8.28. The Bertz CT molecular complexity index is 895. The minimum absolute atomic E-state index is 0.178. The van der Waals surface area contributed by atoms with Gasteiger partial charge in [-0.25, -0.2) is 13.4 Å². The van der Waals surface area contributed by atoms with Gasteiger partial charge in [-0.3, -0.25) is 4.57 Å². The molecule has 2 aromatic heterocycles. The van der Waals surface area contributed by atoms with Crippen molar-refractivity contribution >= 4 is 26.8 Å². The van der Waals surface area contributed by atoms with Crippen LogP contribution in [0.4, 0.5) is 5.95 Å². The van der Waals surface area contributed by atoms with Crippen molar-refractivity contribution in [2.24, 2.45) is 0 Å². The highest BCUT2D eigenvalue weighted by Gasteiger charge is 2.21. The number of fused-ring (bicyclic) bond motifs is 1. The number of nitrogen functional groups attached to an aromatic ring is 1. The van der Waals surface area contributed by atoms with Crippen LogP contribution in [0.2, 0.25) is 0 Å². The Kier molecular flexibility index (Phi) is 3.02. The van der Waals surface area contributed by atoms with Crippen LogP contribution in [0, 0.1) is 0 Å². The van der Waals surface area contributed by atoms with Gasteiger partial charge in [-0.05, 0) is 31.2 Å². The maximum absolute atomic E-state index is 11.9. The van der Waals surface area contributed by atoms with E-state index in [0.717, 1.165) is 12.0 Å². The average Bonchev–Trinajstić information content (AvgIpc) is 3.02. The zero-order valence-electron chi connectivity index (χ0n) is 11.6. The third-order valence-corrected chi connectivity index (χ3v) is 4.58. The second-order valence-corrected chi connectivity index (χ2v) is 6.91. The molecule has 3 rings (SSSR count). The van der Waals surface area contributed by atoms with E-state index in [0.29, 0.717) is 11.0 Å². The minimum Gasteiger partial charge on any atom is -0.467 e. The number of furan rings is 1. The molecule has 3 aromatic rings. The molecule has 2 N–H and O–H groups in total. The van der Waals surface area contributed by atoms with Crippen LogP contribution in [0.5, 0.6) is 0 Å². The van der Waals surface area contributed by atoms with Crippen LogP contribution in [0.3, 0.4) is 0 Å². The maximum atomic E-state index is 11.9. The molecule has 0 aliphatic rings. The SMILES string of the molecule is CC(c1ccco1)n1c(N)nc2c(S(C)(=O)=O)cccc21. The molecule has 0 radical (unpaired) electrons. The molecule has 2 heterocycles. The van der Waals surface area contributed by atoms with Crippen molar-refractivity contribution in [3.05, 3.63) is 42.4 Å². The van der Waals surface area contributed by atoms with E-state index in [-0.39, 0.29) is 16.9 Å². The Morgan fingerprint density at radius 1 is 1.29 bits per heavy atom. The summed E-state index contributed by atoms with van der Waals surface area (Å²) in [5, 5.41) is 0. The lowest BCUT2D eigenvalue weighted by Crippen LogP contribution is -2.09. The van der Waals surface area contributed by atoms with Crippen LogP contribution in [0.25, 0.3) is 11.0 Å². The quantitative estimate of drug-likeness (QED) is 0.801. The fraction of sp³-hybridized carbons (Fsp3) is 0.214. The van der Waals surface area contributed by atoms with E-state index < -0.39 is 9.84 Å². The number of anilines is 1. The molecule has 1 atom stereocenters. The van der Waals surface area contributed by atoms with E-state index in [1.54, 1.807) is 29.0 Å². The second kappa shape index (κ2) is 4.63. The monoisotopic (exact) mass is 305 g/mol. The van der Waals surface area contributed by atoms with Gasteiger partial charge in [0.15, 0.2) is 9.84 Å². The fourth-order valence-corrected chi connectivity index (χ4v) is 3.30. The number of hydrogen-bond acceptors (Lipinski definition) is 5. The molecule has 0 fully saturated rings. The van der Waals surface area contributed by atoms with Gasteiger partial charge >= 0.3 is 0 Å². The molecule has 1 unspecified atom stereocenters. The molecule has 0 aliphatic carbocycles. The van der Waals surface area contributed by atoms with E-state index in [1.807, 2.05) is 13.0 Å². The number of rotatable bonds is 3. The molecule has 7 heteroatoms. The van der Waals surface area contributed by atoms with Gasteiger partial charge in [0.1, 0.15) is 11.3 Å². The largest absolute Gasteiger partial charge is 0.467 e. The van der Waals surface area contributed by atoms with Crippen molar-refractivity contribution in [3.63, 3.8) is 0 Å². The third kappa shape index (κ3) is 2.19. The predicted octanol–water partition coefficient (Wildman–Crippen LogP) is 2.22. The summed E-state index contributed by atoms with van der Waals surface area (Å²) in [6.45, 7) is 1.92. The van der Waals surface area contributed by atoms with Crippen molar-refractivity contribution in [3.8, 4) is 0 Å². The van der Waals surface area contributed by atoms with Gasteiger partial charge in [0, 0.05) is 6.26 Å². The second-order valence-electron chi connectivity index (χ2n) is 4.93. The van der Waals surface area contributed by atoms with Gasteiger partial charge in [0.05, 0.1) is 22.7 Å². The summed E-state index contributed by atoms with van der Waals surface area (Å²) in [6.07, 6.45) is 2.75. The van der Waals surface area contributed by atoms with Crippen LogP contribution in [0.15, 0.2) is 45.9 Å². The molecule has 0 bridgehead atoms. The van der Waals surface area contributed by atoms with Gasteiger partial charge in [-0.2, -0.15) is 0 Å². The fourth-order valence-electron chi connectivity index (χ4n) is 2.47. The molecule has 110 valence electrons. The van der Waals surface area contributed by atoms with Gasteiger partial charge < -0.3 is 10.2 Å². The first-order valence-electron chi connectivity index (χ1n) is 6.39. The smallest absolute Gasteiger partial charge is 0.201 e. The van der Waals surface area contributed by atoms with Gasteiger partial charge in [-0.15, -0.1) is 0 Å². The number of hydrogen-bond donors (Lipinski definition) is 1. The van der Waals surface area contributed by atoms with Gasteiger partial charge in [-0.1, -0.05) is 6.07 Å². The van der Waals surface area contributed by atoms with E-state index >= 15 is 0 Å². The van der Waals surface area contributed by atoms with Crippen LogP contribution in [0.1, 0.15) is 18.7 Å². The van der Waals surface area contributed by atoms with E-state index in [9.17, 15) is 8.42 Å². The summed E-state index contributed by atoms with van der Waals surface area (Å²) in [5.74, 6) is 0.982. The number of sulfone groups is 1. The van der Waals surface area contributed by atoms with Gasteiger partial charge in [0.25, 0.3) is 0 Å².